The van der Waals surface area contributed by atoms with Gasteiger partial charge in [-0.2, -0.15) is 8.42 Å². The second-order valence-corrected chi connectivity index (χ2v) is 13.9. The molecule has 0 spiro atoms. The zero-order valence-corrected chi connectivity index (χ0v) is 16.5. The van der Waals surface area contributed by atoms with Gasteiger partial charge in [-0.25, -0.2) is 5.14 Å². The molecule has 0 aromatic heterocycles. The van der Waals surface area contributed by atoms with Gasteiger partial charge in [0.15, 0.2) is 8.32 Å². The predicted octanol–water partition coefficient (Wildman–Crippen LogP) is 3.57. The number of nitrogens with two attached hydrogens (primary N) is 1. The molecule has 5 nitrogen and oxygen atoms in total. The molecule has 22 heavy (non-hydrogen) atoms. The van der Waals surface area contributed by atoms with Crippen molar-refractivity contribution < 1.29 is 17.0 Å². The van der Waals surface area contributed by atoms with E-state index in [2.05, 4.69) is 33.9 Å². The minimum Gasteiger partial charge on any atom is -0.417 e. The molecule has 0 radical (unpaired) electrons. The van der Waals surface area contributed by atoms with Crippen molar-refractivity contribution in [3.8, 4) is 0 Å². The van der Waals surface area contributed by atoms with Gasteiger partial charge in [0.1, 0.15) is 0 Å². The van der Waals surface area contributed by atoms with E-state index < -0.39 is 18.6 Å². The van der Waals surface area contributed by atoms with Crippen molar-refractivity contribution in [2.75, 3.05) is 6.61 Å². The maximum absolute atomic E-state index is 11.2. The standard InChI is InChI=1S/C15H33NO4SSi/c1-15(2,3)22(4,5)19-12-8-10-13-9-6-7-11-14(13)20-21(16,17)18/h13-14H,6-12H2,1-5H3,(H2,16,17,18)/t13-,14+/m0/s1. The topological polar surface area (TPSA) is 78.6 Å². The van der Waals surface area contributed by atoms with Crippen molar-refractivity contribution in [2.24, 2.45) is 11.1 Å². The number of hydrogen-bond donors (Lipinski definition) is 1. The van der Waals surface area contributed by atoms with Crippen LogP contribution in [0.1, 0.15) is 59.3 Å². The summed E-state index contributed by atoms with van der Waals surface area (Å²) >= 11 is 0. The maximum atomic E-state index is 11.2. The van der Waals surface area contributed by atoms with Gasteiger partial charge in [0.05, 0.1) is 6.10 Å². The second kappa shape index (κ2) is 7.74. The van der Waals surface area contributed by atoms with Crippen LogP contribution in [0, 0.1) is 5.92 Å². The van der Waals surface area contributed by atoms with Crippen LogP contribution in [0.25, 0.3) is 0 Å². The molecular weight excluding hydrogens is 318 g/mol. The Bertz CT molecular complexity index is 445. The minimum absolute atomic E-state index is 0.219. The van der Waals surface area contributed by atoms with Crippen LogP contribution in [-0.4, -0.2) is 29.4 Å². The Hall–Kier alpha value is 0.0469. The van der Waals surface area contributed by atoms with Crippen LogP contribution in [0.4, 0.5) is 0 Å². The molecule has 2 N–H and O–H groups in total. The van der Waals surface area contributed by atoms with Crippen LogP contribution in [0.15, 0.2) is 0 Å². The maximum Gasteiger partial charge on any atom is 0.333 e. The third kappa shape index (κ3) is 6.66. The van der Waals surface area contributed by atoms with Gasteiger partial charge in [0.2, 0.25) is 0 Å². The SMILES string of the molecule is CC(C)(C)[Si](C)(C)OCCC[C@@H]1CCCC[C@H]1OS(N)(=O)=O. The monoisotopic (exact) mass is 351 g/mol. The Labute approximate surface area is 137 Å². The lowest BCUT2D eigenvalue weighted by atomic mass is 9.84. The molecule has 7 heteroatoms. The van der Waals surface area contributed by atoms with Crippen LogP contribution >= 0.6 is 0 Å². The molecule has 1 aliphatic rings. The van der Waals surface area contributed by atoms with E-state index in [9.17, 15) is 8.42 Å². The van der Waals surface area contributed by atoms with E-state index in [1.54, 1.807) is 0 Å². The Morgan fingerprint density at radius 1 is 1.18 bits per heavy atom. The van der Waals surface area contributed by atoms with Crippen LogP contribution in [0.3, 0.4) is 0 Å². The molecule has 0 bridgehead atoms. The summed E-state index contributed by atoms with van der Waals surface area (Å²) in [6.45, 7) is 11.9. The van der Waals surface area contributed by atoms with Crippen molar-refractivity contribution in [1.29, 1.82) is 0 Å². The summed E-state index contributed by atoms with van der Waals surface area (Å²) in [5.41, 5.74) is 0. The summed E-state index contributed by atoms with van der Waals surface area (Å²) in [6, 6.07) is 0. The molecule has 0 aromatic rings. The summed E-state index contributed by atoms with van der Waals surface area (Å²) in [5, 5.41) is 5.24. The summed E-state index contributed by atoms with van der Waals surface area (Å²) in [5.74, 6) is 0.273. The average molecular weight is 352 g/mol. The highest BCUT2D eigenvalue weighted by molar-refractivity contribution is 7.84. The normalized spacial score (nSPS) is 24.5. The van der Waals surface area contributed by atoms with Crippen molar-refractivity contribution in [3.05, 3.63) is 0 Å². The van der Waals surface area contributed by atoms with Gasteiger partial charge >= 0.3 is 10.3 Å². The molecule has 1 saturated carbocycles. The Morgan fingerprint density at radius 2 is 1.77 bits per heavy atom. The van der Waals surface area contributed by atoms with E-state index in [-0.39, 0.29) is 17.1 Å². The van der Waals surface area contributed by atoms with Gasteiger partial charge in [0.25, 0.3) is 0 Å². The number of hydrogen-bond acceptors (Lipinski definition) is 4. The lowest BCUT2D eigenvalue weighted by Crippen LogP contribution is -2.41. The van der Waals surface area contributed by atoms with Crippen LogP contribution in [0.2, 0.25) is 18.1 Å². The fourth-order valence-corrected chi connectivity index (χ4v) is 4.38. The van der Waals surface area contributed by atoms with Gasteiger partial charge in [-0.3, -0.25) is 4.18 Å². The third-order valence-corrected chi connectivity index (χ3v) is 10.1. The first-order valence-electron chi connectivity index (χ1n) is 8.27. The van der Waals surface area contributed by atoms with E-state index in [1.807, 2.05) is 0 Å². The first-order valence-corrected chi connectivity index (χ1v) is 12.7. The van der Waals surface area contributed by atoms with E-state index in [0.717, 1.165) is 45.1 Å². The second-order valence-electron chi connectivity index (χ2n) is 7.92. The van der Waals surface area contributed by atoms with E-state index in [0.29, 0.717) is 0 Å². The minimum atomic E-state index is -3.85. The van der Waals surface area contributed by atoms with E-state index in [4.69, 9.17) is 13.7 Å². The Morgan fingerprint density at radius 3 is 2.32 bits per heavy atom. The highest BCUT2D eigenvalue weighted by Gasteiger charge is 2.37. The van der Waals surface area contributed by atoms with Crippen molar-refractivity contribution in [2.45, 2.75) is 83.5 Å². The Kier molecular flexibility index (Phi) is 7.07. The highest BCUT2D eigenvalue weighted by Crippen LogP contribution is 2.37. The summed E-state index contributed by atoms with van der Waals surface area (Å²) in [6.07, 6.45) is 5.58. The summed E-state index contributed by atoms with van der Waals surface area (Å²) < 4.78 is 33.5. The van der Waals surface area contributed by atoms with Crippen LogP contribution in [-0.2, 0) is 18.9 Å². The quantitative estimate of drug-likeness (QED) is 0.562. The van der Waals surface area contributed by atoms with Crippen LogP contribution in [0.5, 0.6) is 0 Å². The zero-order valence-electron chi connectivity index (χ0n) is 14.7. The molecule has 0 saturated heterocycles. The molecule has 2 atom stereocenters. The molecule has 1 aliphatic carbocycles. The first kappa shape index (κ1) is 20.1. The summed E-state index contributed by atoms with van der Waals surface area (Å²) in [7, 11) is -5.55. The van der Waals surface area contributed by atoms with Gasteiger partial charge in [-0.05, 0) is 49.7 Å². The molecular formula is C15H33NO4SSi. The molecule has 0 aromatic carbocycles. The van der Waals surface area contributed by atoms with Gasteiger partial charge in [-0.1, -0.05) is 33.6 Å². The van der Waals surface area contributed by atoms with Crippen molar-refractivity contribution >= 4 is 18.6 Å². The molecule has 1 rings (SSSR count). The Balaban J connectivity index is 2.42. The average Bonchev–Trinajstić information content (AvgIpc) is 2.33. The lowest BCUT2D eigenvalue weighted by Gasteiger charge is -2.36. The van der Waals surface area contributed by atoms with Gasteiger partial charge in [0, 0.05) is 6.61 Å². The molecule has 0 heterocycles. The smallest absolute Gasteiger partial charge is 0.333 e. The molecule has 132 valence electrons. The van der Waals surface area contributed by atoms with E-state index >= 15 is 0 Å². The van der Waals surface area contributed by atoms with E-state index in [1.165, 1.54) is 0 Å². The lowest BCUT2D eigenvalue weighted by molar-refractivity contribution is 0.0891. The van der Waals surface area contributed by atoms with Crippen molar-refractivity contribution in [3.63, 3.8) is 0 Å². The molecule has 0 amide bonds. The fourth-order valence-electron chi connectivity index (χ4n) is 2.69. The summed E-state index contributed by atoms with van der Waals surface area (Å²) in [4.78, 5) is 0. The highest BCUT2D eigenvalue weighted by atomic mass is 32.2. The molecule has 0 aliphatic heterocycles. The largest absolute Gasteiger partial charge is 0.417 e. The third-order valence-electron chi connectivity index (χ3n) is 5.09. The molecule has 0 unspecified atom stereocenters. The molecule has 1 fully saturated rings. The van der Waals surface area contributed by atoms with Gasteiger partial charge < -0.3 is 4.43 Å². The van der Waals surface area contributed by atoms with Gasteiger partial charge in [-0.15, -0.1) is 0 Å². The fraction of sp³-hybridized carbons (Fsp3) is 1.00. The number of rotatable bonds is 7. The predicted molar refractivity (Wildman–Crippen MR) is 92.3 cm³/mol. The zero-order chi connectivity index (χ0) is 17.0. The van der Waals surface area contributed by atoms with Crippen molar-refractivity contribution in [1.82, 2.24) is 0 Å². The first-order chi connectivity index (χ1) is 9.92. The van der Waals surface area contributed by atoms with Crippen LogP contribution < -0.4 is 5.14 Å².